The Morgan fingerprint density at radius 3 is 2.58 bits per heavy atom. The number of benzene rings is 2. The molecule has 162 valence electrons. The van der Waals surface area contributed by atoms with Crippen LogP contribution in [0.1, 0.15) is 12.5 Å². The molecule has 1 fully saturated rings. The predicted molar refractivity (Wildman–Crippen MR) is 118 cm³/mol. The van der Waals surface area contributed by atoms with E-state index in [0.29, 0.717) is 25.3 Å². The highest BCUT2D eigenvalue weighted by molar-refractivity contribution is 5.85. The van der Waals surface area contributed by atoms with Gasteiger partial charge in [0.05, 0.1) is 6.54 Å². The lowest BCUT2D eigenvalue weighted by Gasteiger charge is -2.41. The highest BCUT2D eigenvalue weighted by Crippen LogP contribution is 2.24. The Morgan fingerprint density at radius 1 is 1.13 bits per heavy atom. The molecule has 31 heavy (non-hydrogen) atoms. The number of amides is 1. The molecule has 1 aliphatic heterocycles. The fourth-order valence-electron chi connectivity index (χ4n) is 3.92. The lowest BCUT2D eigenvalue weighted by Crippen LogP contribution is -2.55. The third-order valence-corrected chi connectivity index (χ3v) is 5.75. The standard InChI is InChI=1S/C23H24F2N4O2/c1-14-13-28(18-10-19(24)15(2)20(25)11-18)7-8-29(14)23(31)12-26-17-4-5-21-16(9-17)3-6-22(30)27-21/h3-6,9-11,14,26H,7-8,12-13H2,1-2H3,(H,27,30). The number of carbonyl (C=O) groups is 1. The summed E-state index contributed by atoms with van der Waals surface area (Å²) in [4.78, 5) is 30.6. The first-order valence-corrected chi connectivity index (χ1v) is 10.2. The monoisotopic (exact) mass is 426 g/mol. The van der Waals surface area contributed by atoms with E-state index < -0.39 is 11.6 Å². The molecular formula is C23H24F2N4O2. The SMILES string of the molecule is Cc1c(F)cc(N2CCN(C(=O)CNc3ccc4[nH]c(=O)ccc4c3)C(C)C2)cc1F. The van der Waals surface area contributed by atoms with Crippen molar-refractivity contribution in [3.05, 3.63) is 70.0 Å². The third-order valence-electron chi connectivity index (χ3n) is 5.75. The van der Waals surface area contributed by atoms with Gasteiger partial charge in [0.25, 0.3) is 0 Å². The van der Waals surface area contributed by atoms with Crippen LogP contribution in [0.5, 0.6) is 0 Å². The fraction of sp³-hybridized carbons (Fsp3) is 0.304. The average Bonchev–Trinajstić information content (AvgIpc) is 2.75. The third kappa shape index (κ3) is 4.38. The van der Waals surface area contributed by atoms with Gasteiger partial charge < -0.3 is 20.1 Å². The topological polar surface area (TPSA) is 68.4 Å². The van der Waals surface area contributed by atoms with Crippen molar-refractivity contribution in [1.82, 2.24) is 9.88 Å². The number of aromatic nitrogens is 1. The Kier molecular flexibility index (Phi) is 5.63. The van der Waals surface area contributed by atoms with Crippen molar-refractivity contribution in [1.29, 1.82) is 0 Å². The van der Waals surface area contributed by atoms with Crippen molar-refractivity contribution in [3.8, 4) is 0 Å². The van der Waals surface area contributed by atoms with Crippen LogP contribution >= 0.6 is 0 Å². The summed E-state index contributed by atoms with van der Waals surface area (Å²) in [5.41, 5.74) is 1.86. The molecule has 1 atom stereocenters. The number of piperazine rings is 1. The Balaban J connectivity index is 1.38. The molecule has 1 amide bonds. The van der Waals surface area contributed by atoms with E-state index in [4.69, 9.17) is 0 Å². The van der Waals surface area contributed by atoms with E-state index in [1.165, 1.54) is 25.1 Å². The molecule has 1 aliphatic rings. The zero-order valence-corrected chi connectivity index (χ0v) is 17.4. The minimum absolute atomic E-state index is 0.0109. The molecule has 3 aromatic rings. The number of H-pyrrole nitrogens is 1. The number of fused-ring (bicyclic) bond motifs is 1. The molecule has 2 N–H and O–H groups in total. The second kappa shape index (κ2) is 8.37. The van der Waals surface area contributed by atoms with Crippen LogP contribution in [0.25, 0.3) is 10.9 Å². The summed E-state index contributed by atoms with van der Waals surface area (Å²) in [7, 11) is 0. The molecule has 2 aromatic carbocycles. The predicted octanol–water partition coefficient (Wildman–Crippen LogP) is 3.26. The second-order valence-electron chi connectivity index (χ2n) is 7.89. The maximum atomic E-state index is 13.9. The average molecular weight is 426 g/mol. The van der Waals surface area contributed by atoms with Gasteiger partial charge in [-0.1, -0.05) is 0 Å². The highest BCUT2D eigenvalue weighted by Gasteiger charge is 2.28. The van der Waals surface area contributed by atoms with Gasteiger partial charge in [0.1, 0.15) is 11.6 Å². The van der Waals surface area contributed by atoms with E-state index in [1.807, 2.05) is 24.0 Å². The largest absolute Gasteiger partial charge is 0.376 e. The number of halogens is 2. The van der Waals surface area contributed by atoms with E-state index in [9.17, 15) is 18.4 Å². The number of nitrogens with one attached hydrogen (secondary N) is 2. The Hall–Kier alpha value is -3.42. The Labute approximate surface area is 178 Å². The highest BCUT2D eigenvalue weighted by atomic mass is 19.1. The zero-order chi connectivity index (χ0) is 22.1. The van der Waals surface area contributed by atoms with Crippen molar-refractivity contribution in [2.24, 2.45) is 0 Å². The Bertz CT molecular complexity index is 1170. The molecule has 0 aliphatic carbocycles. The van der Waals surface area contributed by atoms with Gasteiger partial charge in [-0.15, -0.1) is 0 Å². The van der Waals surface area contributed by atoms with Crippen LogP contribution in [-0.2, 0) is 4.79 Å². The summed E-state index contributed by atoms with van der Waals surface area (Å²) < 4.78 is 27.8. The molecule has 1 aromatic heterocycles. The molecule has 0 spiro atoms. The molecule has 4 rings (SSSR count). The summed E-state index contributed by atoms with van der Waals surface area (Å²) in [5, 5.41) is 4.01. The van der Waals surface area contributed by atoms with Crippen molar-refractivity contribution in [3.63, 3.8) is 0 Å². The molecule has 1 unspecified atom stereocenters. The van der Waals surface area contributed by atoms with Gasteiger partial charge in [0, 0.05) is 59.6 Å². The summed E-state index contributed by atoms with van der Waals surface area (Å²) in [5.74, 6) is -1.18. The quantitative estimate of drug-likeness (QED) is 0.672. The van der Waals surface area contributed by atoms with Crippen molar-refractivity contribution in [2.75, 3.05) is 36.4 Å². The minimum atomic E-state index is -0.565. The number of rotatable bonds is 4. The van der Waals surface area contributed by atoms with Gasteiger partial charge in [-0.3, -0.25) is 9.59 Å². The number of anilines is 2. The van der Waals surface area contributed by atoms with Crippen LogP contribution in [0.3, 0.4) is 0 Å². The van der Waals surface area contributed by atoms with Gasteiger partial charge in [-0.05, 0) is 50.2 Å². The van der Waals surface area contributed by atoms with Crippen LogP contribution in [0.2, 0.25) is 0 Å². The molecule has 0 bridgehead atoms. The van der Waals surface area contributed by atoms with E-state index in [-0.39, 0.29) is 29.6 Å². The molecule has 1 saturated heterocycles. The van der Waals surface area contributed by atoms with Crippen LogP contribution in [-0.4, -0.2) is 48.0 Å². The molecule has 8 heteroatoms. The maximum Gasteiger partial charge on any atom is 0.248 e. The van der Waals surface area contributed by atoms with E-state index in [2.05, 4.69) is 10.3 Å². The number of hydrogen-bond donors (Lipinski definition) is 2. The minimum Gasteiger partial charge on any atom is -0.376 e. The smallest absolute Gasteiger partial charge is 0.248 e. The van der Waals surface area contributed by atoms with Gasteiger partial charge in [0.15, 0.2) is 0 Å². The fourth-order valence-corrected chi connectivity index (χ4v) is 3.92. The lowest BCUT2D eigenvalue weighted by atomic mass is 10.1. The maximum absolute atomic E-state index is 13.9. The normalized spacial score (nSPS) is 16.6. The zero-order valence-electron chi connectivity index (χ0n) is 17.4. The van der Waals surface area contributed by atoms with Gasteiger partial charge in [0.2, 0.25) is 11.5 Å². The van der Waals surface area contributed by atoms with Gasteiger partial charge in [-0.25, -0.2) is 8.78 Å². The molecule has 2 heterocycles. The van der Waals surface area contributed by atoms with Crippen LogP contribution in [0.15, 0.2) is 47.3 Å². The number of nitrogens with zero attached hydrogens (tertiary/aromatic N) is 2. The molecule has 0 radical (unpaired) electrons. The van der Waals surface area contributed by atoms with Crippen LogP contribution in [0, 0.1) is 18.6 Å². The Morgan fingerprint density at radius 2 is 1.87 bits per heavy atom. The summed E-state index contributed by atoms with van der Waals surface area (Å²) >= 11 is 0. The van der Waals surface area contributed by atoms with Crippen molar-refractivity contribution < 1.29 is 13.6 Å². The molecule has 0 saturated carbocycles. The second-order valence-corrected chi connectivity index (χ2v) is 7.89. The van der Waals surface area contributed by atoms with E-state index in [0.717, 1.165) is 16.6 Å². The van der Waals surface area contributed by atoms with Crippen molar-refractivity contribution >= 4 is 28.2 Å². The summed E-state index contributed by atoms with van der Waals surface area (Å²) in [6, 6.07) is 11.3. The number of aromatic amines is 1. The number of pyridine rings is 1. The lowest BCUT2D eigenvalue weighted by molar-refractivity contribution is -0.131. The first-order valence-electron chi connectivity index (χ1n) is 10.2. The van der Waals surface area contributed by atoms with Crippen LogP contribution < -0.4 is 15.8 Å². The number of hydrogen-bond acceptors (Lipinski definition) is 4. The van der Waals surface area contributed by atoms with Gasteiger partial charge >= 0.3 is 0 Å². The number of carbonyl (C=O) groups excluding carboxylic acids is 1. The van der Waals surface area contributed by atoms with Crippen molar-refractivity contribution in [2.45, 2.75) is 19.9 Å². The van der Waals surface area contributed by atoms with Crippen LogP contribution in [0.4, 0.5) is 20.2 Å². The first kappa shape index (κ1) is 20.8. The molecule has 6 nitrogen and oxygen atoms in total. The summed E-state index contributed by atoms with van der Waals surface area (Å²) in [6.45, 7) is 4.94. The molecular weight excluding hydrogens is 402 g/mol. The van der Waals surface area contributed by atoms with Gasteiger partial charge in [-0.2, -0.15) is 0 Å². The summed E-state index contributed by atoms with van der Waals surface area (Å²) in [6.07, 6.45) is 0. The van der Waals surface area contributed by atoms with E-state index in [1.54, 1.807) is 17.0 Å². The van der Waals surface area contributed by atoms with E-state index >= 15 is 0 Å². The first-order chi connectivity index (χ1) is 14.8.